The summed E-state index contributed by atoms with van der Waals surface area (Å²) in [5, 5.41) is 5.74. The predicted molar refractivity (Wildman–Crippen MR) is 72.4 cm³/mol. The molecule has 1 rings (SSSR count). The Hall–Kier alpha value is -1.31. The Kier molecular flexibility index (Phi) is 5.75. The summed E-state index contributed by atoms with van der Waals surface area (Å²) in [6.07, 6.45) is 5.07. The maximum absolute atomic E-state index is 11.5. The van der Waals surface area contributed by atoms with E-state index in [-0.39, 0.29) is 18.5 Å². The van der Waals surface area contributed by atoms with E-state index in [9.17, 15) is 4.79 Å². The predicted octanol–water partition coefficient (Wildman–Crippen LogP) is 1.85. The molecule has 0 aliphatic rings. The van der Waals surface area contributed by atoms with Crippen LogP contribution in [0.2, 0.25) is 0 Å². The average Bonchev–Trinajstić information content (AvgIpc) is 2.29. The van der Waals surface area contributed by atoms with Gasteiger partial charge in [0.25, 0.3) is 0 Å². The molecule has 0 aliphatic carbocycles. The summed E-state index contributed by atoms with van der Waals surface area (Å²) in [6, 6.07) is 7.84. The second-order valence-electron chi connectivity index (χ2n) is 3.65. The largest absolute Gasteiger partial charge is 0.348 e. The van der Waals surface area contributed by atoms with Gasteiger partial charge >= 0.3 is 0 Å². The van der Waals surface area contributed by atoms with Crippen LogP contribution in [-0.2, 0) is 4.79 Å². The average molecular weight is 295 g/mol. The fraction of sp³-hybridized carbons (Fsp3) is 0.308. The summed E-state index contributed by atoms with van der Waals surface area (Å²) in [5.74, 6) is 2.36. The number of rotatable bonds is 5. The van der Waals surface area contributed by atoms with Crippen molar-refractivity contribution in [3.05, 3.63) is 34.3 Å². The molecule has 0 bridgehead atoms. The standard InChI is InChI=1S/C13H15BrN2O/c1-3-7-15-9-13(17)16-10(2)11-5-4-6-12(14)8-11/h1,4-6,8,10,15H,7,9H2,2H3,(H,16,17). The van der Waals surface area contributed by atoms with E-state index in [4.69, 9.17) is 6.42 Å². The van der Waals surface area contributed by atoms with E-state index in [0.717, 1.165) is 10.0 Å². The number of hydrogen-bond acceptors (Lipinski definition) is 2. The highest BCUT2D eigenvalue weighted by atomic mass is 79.9. The number of amides is 1. The van der Waals surface area contributed by atoms with Crippen molar-refractivity contribution in [3.63, 3.8) is 0 Å². The van der Waals surface area contributed by atoms with Crippen LogP contribution in [0.3, 0.4) is 0 Å². The maximum Gasteiger partial charge on any atom is 0.234 e. The zero-order chi connectivity index (χ0) is 12.7. The first-order chi connectivity index (χ1) is 8.13. The van der Waals surface area contributed by atoms with Crippen molar-refractivity contribution in [2.24, 2.45) is 0 Å². The molecule has 1 aromatic rings. The highest BCUT2D eigenvalue weighted by Crippen LogP contribution is 2.17. The van der Waals surface area contributed by atoms with Crippen molar-refractivity contribution in [3.8, 4) is 12.3 Å². The van der Waals surface area contributed by atoms with E-state index >= 15 is 0 Å². The maximum atomic E-state index is 11.5. The monoisotopic (exact) mass is 294 g/mol. The molecule has 1 amide bonds. The second-order valence-corrected chi connectivity index (χ2v) is 4.57. The van der Waals surface area contributed by atoms with Crippen molar-refractivity contribution in [2.45, 2.75) is 13.0 Å². The molecule has 0 aromatic heterocycles. The van der Waals surface area contributed by atoms with Gasteiger partial charge in [-0.15, -0.1) is 6.42 Å². The van der Waals surface area contributed by atoms with Crippen molar-refractivity contribution in [1.29, 1.82) is 0 Å². The number of nitrogens with one attached hydrogen (secondary N) is 2. The van der Waals surface area contributed by atoms with Gasteiger partial charge in [0.15, 0.2) is 0 Å². The normalized spacial score (nSPS) is 11.6. The summed E-state index contributed by atoms with van der Waals surface area (Å²) >= 11 is 3.40. The van der Waals surface area contributed by atoms with E-state index in [2.05, 4.69) is 32.5 Å². The van der Waals surface area contributed by atoms with Gasteiger partial charge in [-0.25, -0.2) is 0 Å². The van der Waals surface area contributed by atoms with Gasteiger partial charge in [0, 0.05) is 4.47 Å². The Bertz CT molecular complexity index is 426. The number of benzene rings is 1. The van der Waals surface area contributed by atoms with Crippen LogP contribution in [0.25, 0.3) is 0 Å². The SMILES string of the molecule is C#CCNCC(=O)NC(C)c1cccc(Br)c1. The second kappa shape index (κ2) is 7.10. The lowest BCUT2D eigenvalue weighted by Gasteiger charge is -2.14. The molecule has 0 radical (unpaired) electrons. The molecule has 17 heavy (non-hydrogen) atoms. The molecule has 2 N–H and O–H groups in total. The van der Waals surface area contributed by atoms with Gasteiger partial charge in [0.2, 0.25) is 5.91 Å². The smallest absolute Gasteiger partial charge is 0.234 e. The van der Waals surface area contributed by atoms with Crippen molar-refractivity contribution in [2.75, 3.05) is 13.1 Å². The summed E-state index contributed by atoms with van der Waals surface area (Å²) < 4.78 is 1.00. The summed E-state index contributed by atoms with van der Waals surface area (Å²) in [4.78, 5) is 11.5. The van der Waals surface area contributed by atoms with E-state index < -0.39 is 0 Å². The van der Waals surface area contributed by atoms with Gasteiger partial charge in [-0.05, 0) is 24.6 Å². The van der Waals surface area contributed by atoms with E-state index in [1.54, 1.807) is 0 Å². The first-order valence-corrected chi connectivity index (χ1v) is 6.12. The molecule has 0 fully saturated rings. The van der Waals surface area contributed by atoms with Crippen LogP contribution in [0.5, 0.6) is 0 Å². The molecule has 0 saturated carbocycles. The van der Waals surface area contributed by atoms with Crippen LogP contribution in [-0.4, -0.2) is 19.0 Å². The number of carbonyl (C=O) groups is 1. The minimum atomic E-state index is -0.0623. The Morgan fingerprint density at radius 2 is 2.35 bits per heavy atom. The number of terminal acetylenes is 1. The zero-order valence-corrected chi connectivity index (χ0v) is 11.3. The van der Waals surface area contributed by atoms with Crippen molar-refractivity contribution < 1.29 is 4.79 Å². The molecule has 3 nitrogen and oxygen atoms in total. The van der Waals surface area contributed by atoms with Gasteiger partial charge in [0.1, 0.15) is 0 Å². The summed E-state index contributed by atoms with van der Waals surface area (Å²) in [7, 11) is 0. The molecule has 4 heteroatoms. The third kappa shape index (κ3) is 5.03. The highest BCUT2D eigenvalue weighted by molar-refractivity contribution is 9.10. The molecule has 0 heterocycles. The first-order valence-electron chi connectivity index (χ1n) is 5.32. The quantitative estimate of drug-likeness (QED) is 0.643. The molecule has 1 aromatic carbocycles. The zero-order valence-electron chi connectivity index (χ0n) is 9.66. The minimum absolute atomic E-state index is 0.0207. The number of carbonyl (C=O) groups excluding carboxylic acids is 1. The van der Waals surface area contributed by atoms with Crippen molar-refractivity contribution >= 4 is 21.8 Å². The molecule has 0 spiro atoms. The molecular formula is C13H15BrN2O. The fourth-order valence-electron chi connectivity index (χ4n) is 1.40. The lowest BCUT2D eigenvalue weighted by molar-refractivity contribution is -0.120. The molecule has 1 unspecified atom stereocenters. The third-order valence-electron chi connectivity index (χ3n) is 2.24. The molecule has 1 atom stereocenters. The first kappa shape index (κ1) is 13.8. The van der Waals surface area contributed by atoms with Gasteiger partial charge < -0.3 is 5.32 Å². The van der Waals surface area contributed by atoms with Crippen LogP contribution < -0.4 is 10.6 Å². The Labute approximate surface area is 110 Å². The lowest BCUT2D eigenvalue weighted by atomic mass is 10.1. The van der Waals surface area contributed by atoms with Gasteiger partial charge in [-0.3, -0.25) is 10.1 Å². The van der Waals surface area contributed by atoms with E-state index in [1.807, 2.05) is 31.2 Å². The minimum Gasteiger partial charge on any atom is -0.348 e. The van der Waals surface area contributed by atoms with Gasteiger partial charge in [-0.2, -0.15) is 0 Å². The fourth-order valence-corrected chi connectivity index (χ4v) is 1.82. The topological polar surface area (TPSA) is 41.1 Å². The Morgan fingerprint density at radius 3 is 3.00 bits per heavy atom. The Morgan fingerprint density at radius 1 is 1.59 bits per heavy atom. The summed E-state index contributed by atoms with van der Waals surface area (Å²) in [6.45, 7) is 2.59. The summed E-state index contributed by atoms with van der Waals surface area (Å²) in [5.41, 5.74) is 1.06. The van der Waals surface area contributed by atoms with Crippen LogP contribution in [0, 0.1) is 12.3 Å². The van der Waals surface area contributed by atoms with Gasteiger partial charge in [0.05, 0.1) is 19.1 Å². The number of hydrogen-bond donors (Lipinski definition) is 2. The third-order valence-corrected chi connectivity index (χ3v) is 2.73. The van der Waals surface area contributed by atoms with Crippen LogP contribution in [0.1, 0.15) is 18.5 Å². The molecule has 90 valence electrons. The van der Waals surface area contributed by atoms with Gasteiger partial charge in [-0.1, -0.05) is 34.0 Å². The van der Waals surface area contributed by atoms with Crippen molar-refractivity contribution in [1.82, 2.24) is 10.6 Å². The molecule has 0 aliphatic heterocycles. The molecule has 0 saturated heterocycles. The highest BCUT2D eigenvalue weighted by Gasteiger charge is 2.08. The molecular weight excluding hydrogens is 280 g/mol. The van der Waals surface area contributed by atoms with Crippen LogP contribution in [0.4, 0.5) is 0 Å². The van der Waals surface area contributed by atoms with E-state index in [0.29, 0.717) is 6.54 Å². The van der Waals surface area contributed by atoms with Crippen LogP contribution >= 0.6 is 15.9 Å². The number of halogens is 1. The van der Waals surface area contributed by atoms with Crippen LogP contribution in [0.15, 0.2) is 28.7 Å². The Balaban J connectivity index is 2.46. The van der Waals surface area contributed by atoms with E-state index in [1.165, 1.54) is 0 Å². The lowest BCUT2D eigenvalue weighted by Crippen LogP contribution is -2.35.